The molecule has 5 heteroatoms. The normalized spacial score (nSPS) is 12.2. The van der Waals surface area contributed by atoms with Crippen LogP contribution in [0.4, 0.5) is 4.39 Å². The Morgan fingerprint density at radius 1 is 1.09 bits per heavy atom. The molecule has 0 bridgehead atoms. The second kappa shape index (κ2) is 21.9. The number of benzene rings is 1. The first-order chi connectivity index (χ1) is 16.1. The number of carboxylic acids is 1. The Morgan fingerprint density at radius 3 is 2.00 bits per heavy atom. The van der Waals surface area contributed by atoms with Crippen molar-refractivity contribution in [1.29, 1.82) is 0 Å². The van der Waals surface area contributed by atoms with E-state index in [2.05, 4.69) is 32.3 Å². The Bertz CT molecular complexity index is 844. The van der Waals surface area contributed by atoms with Gasteiger partial charge in [0, 0.05) is 18.3 Å². The number of aliphatic hydroxyl groups is 1. The van der Waals surface area contributed by atoms with E-state index < -0.39 is 11.7 Å². The van der Waals surface area contributed by atoms with Crippen LogP contribution >= 0.6 is 0 Å². The van der Waals surface area contributed by atoms with E-state index in [0.717, 1.165) is 18.6 Å². The van der Waals surface area contributed by atoms with Crippen molar-refractivity contribution in [2.24, 2.45) is 10.9 Å². The Kier molecular flexibility index (Phi) is 22.9. The smallest absolute Gasteiger partial charge is 0.341 e. The topological polar surface area (TPSA) is 69.9 Å². The highest BCUT2D eigenvalue weighted by Crippen LogP contribution is 2.27. The Hall–Kier alpha value is -2.95. The molecule has 0 amide bonds. The summed E-state index contributed by atoms with van der Waals surface area (Å²) < 4.78 is 14.1. The molecule has 0 aromatic heterocycles. The Labute approximate surface area is 207 Å². The average Bonchev–Trinajstić information content (AvgIpc) is 2.80. The largest absolute Gasteiger partial charge is 0.507 e. The number of hydrogen-bond acceptors (Lipinski definition) is 3. The highest BCUT2D eigenvalue weighted by molar-refractivity contribution is 6.09. The first kappa shape index (κ1) is 35.6. The van der Waals surface area contributed by atoms with E-state index in [0.29, 0.717) is 28.8 Å². The molecule has 0 aliphatic heterocycles. The number of hydrogen-bond donors (Lipinski definition) is 2. The summed E-state index contributed by atoms with van der Waals surface area (Å²) in [6.07, 6.45) is 4.79. The van der Waals surface area contributed by atoms with Crippen molar-refractivity contribution in [1.82, 2.24) is 0 Å². The van der Waals surface area contributed by atoms with Crippen molar-refractivity contribution in [3.05, 3.63) is 76.9 Å². The highest BCUT2D eigenvalue weighted by Gasteiger charge is 2.13. The molecule has 1 aromatic rings. The Morgan fingerprint density at radius 2 is 1.59 bits per heavy atom. The van der Waals surface area contributed by atoms with Gasteiger partial charge in [0.05, 0.1) is 0 Å². The molecule has 0 aliphatic carbocycles. The molecule has 192 valence electrons. The van der Waals surface area contributed by atoms with Gasteiger partial charge in [-0.25, -0.2) is 9.18 Å². The molecule has 0 saturated heterocycles. The summed E-state index contributed by atoms with van der Waals surface area (Å²) in [5, 5.41) is 19.4. The lowest BCUT2D eigenvalue weighted by molar-refractivity contribution is -0.132. The first-order valence-corrected chi connectivity index (χ1v) is 12.0. The van der Waals surface area contributed by atoms with Crippen LogP contribution in [0, 0.1) is 11.7 Å². The second-order valence-corrected chi connectivity index (χ2v) is 7.42. The molecule has 1 aromatic carbocycles. The van der Waals surface area contributed by atoms with Gasteiger partial charge in [0.2, 0.25) is 0 Å². The molecule has 0 spiro atoms. The van der Waals surface area contributed by atoms with Gasteiger partial charge in [-0.1, -0.05) is 86.2 Å². The second-order valence-electron chi connectivity index (χ2n) is 7.42. The fourth-order valence-corrected chi connectivity index (χ4v) is 2.26. The molecular formula is C29H46FNO3. The number of aliphatic imine (C=N–C) groups is 1. The van der Waals surface area contributed by atoms with Crippen LogP contribution in [0.15, 0.2) is 70.5 Å². The third kappa shape index (κ3) is 15.0. The standard InChI is InChI=1S/C21H24FNO3.C4H10.2C2H6/c1-5-11-23-13-18(21(25)26)20(24)12-14(3)15(4)16(6-2)17-9-7-8-10-19(17)22;1-4(2)3;2*1-2/h6-10,12-13,24H,2,5,11H2,1,3-4H3,(H,25,26);4H,1-3H3;2*1-2H3/b14-12+,16-15-,20-18-,23-13?;;;. The third-order valence-electron chi connectivity index (χ3n) is 3.80. The number of halogens is 1. The number of carbonyl (C=O) groups is 1. The van der Waals surface area contributed by atoms with Crippen LogP contribution in [0.2, 0.25) is 0 Å². The maximum absolute atomic E-state index is 14.1. The van der Waals surface area contributed by atoms with Crippen molar-refractivity contribution >= 4 is 17.8 Å². The maximum Gasteiger partial charge on any atom is 0.341 e. The van der Waals surface area contributed by atoms with Gasteiger partial charge < -0.3 is 10.2 Å². The van der Waals surface area contributed by atoms with E-state index >= 15 is 0 Å². The van der Waals surface area contributed by atoms with E-state index in [1.54, 1.807) is 32.0 Å². The van der Waals surface area contributed by atoms with Gasteiger partial charge in [-0.3, -0.25) is 4.99 Å². The summed E-state index contributed by atoms with van der Waals surface area (Å²) in [4.78, 5) is 15.3. The van der Waals surface area contributed by atoms with Gasteiger partial charge in [0.1, 0.15) is 17.1 Å². The Balaban J connectivity index is -0.00000106. The molecule has 34 heavy (non-hydrogen) atoms. The summed E-state index contributed by atoms with van der Waals surface area (Å²) >= 11 is 0. The van der Waals surface area contributed by atoms with Crippen LogP contribution in [-0.4, -0.2) is 28.9 Å². The minimum atomic E-state index is -1.27. The zero-order chi connectivity index (χ0) is 27.3. The molecule has 0 aliphatic rings. The molecule has 0 unspecified atom stereocenters. The average molecular weight is 476 g/mol. The summed E-state index contributed by atoms with van der Waals surface area (Å²) in [6.45, 7) is 24.1. The van der Waals surface area contributed by atoms with Crippen molar-refractivity contribution < 1.29 is 19.4 Å². The summed E-state index contributed by atoms with van der Waals surface area (Å²) in [5.74, 6) is -1.23. The van der Waals surface area contributed by atoms with E-state index in [4.69, 9.17) is 0 Å². The van der Waals surface area contributed by atoms with Crippen LogP contribution in [-0.2, 0) is 4.79 Å². The quantitative estimate of drug-likeness (QED) is 0.171. The molecule has 2 N–H and O–H groups in total. The number of aliphatic hydroxyl groups excluding tert-OH is 1. The number of allylic oxidation sites excluding steroid dienone is 5. The van der Waals surface area contributed by atoms with Crippen molar-refractivity contribution in [3.8, 4) is 0 Å². The lowest BCUT2D eigenvalue weighted by Crippen LogP contribution is -2.06. The van der Waals surface area contributed by atoms with Crippen molar-refractivity contribution in [3.63, 3.8) is 0 Å². The first-order valence-electron chi connectivity index (χ1n) is 12.0. The third-order valence-corrected chi connectivity index (χ3v) is 3.80. The maximum atomic E-state index is 14.1. The van der Waals surface area contributed by atoms with Gasteiger partial charge in [-0.05, 0) is 55.0 Å². The van der Waals surface area contributed by atoms with Gasteiger partial charge >= 0.3 is 5.97 Å². The number of aliphatic carboxylic acids is 1. The lowest BCUT2D eigenvalue weighted by Gasteiger charge is -2.11. The van der Waals surface area contributed by atoms with Gasteiger partial charge in [0.15, 0.2) is 0 Å². The molecule has 0 fully saturated rings. The summed E-state index contributed by atoms with van der Waals surface area (Å²) in [5.41, 5.74) is 1.92. The van der Waals surface area contributed by atoms with Crippen LogP contribution in [0.3, 0.4) is 0 Å². The van der Waals surface area contributed by atoms with Crippen LogP contribution < -0.4 is 0 Å². The molecular weight excluding hydrogens is 429 g/mol. The van der Waals surface area contributed by atoms with E-state index in [1.807, 2.05) is 34.6 Å². The van der Waals surface area contributed by atoms with Crippen LogP contribution in [0.1, 0.15) is 81.2 Å². The number of rotatable bonds is 8. The molecule has 4 nitrogen and oxygen atoms in total. The van der Waals surface area contributed by atoms with Crippen molar-refractivity contribution in [2.75, 3.05) is 6.54 Å². The van der Waals surface area contributed by atoms with Gasteiger partial charge in [0.25, 0.3) is 0 Å². The minimum absolute atomic E-state index is 0.295. The van der Waals surface area contributed by atoms with E-state index in [1.165, 1.54) is 18.2 Å². The number of carboxylic acid groups (broad SMARTS) is 1. The minimum Gasteiger partial charge on any atom is -0.507 e. The van der Waals surface area contributed by atoms with Gasteiger partial charge in [-0.15, -0.1) is 0 Å². The molecule has 0 heterocycles. The molecule has 1 rings (SSSR count). The molecule has 0 radical (unpaired) electrons. The zero-order valence-corrected chi connectivity index (χ0v) is 22.9. The van der Waals surface area contributed by atoms with Crippen LogP contribution in [0.5, 0.6) is 0 Å². The zero-order valence-electron chi connectivity index (χ0n) is 22.9. The predicted molar refractivity (Wildman–Crippen MR) is 147 cm³/mol. The van der Waals surface area contributed by atoms with E-state index in [-0.39, 0.29) is 11.4 Å². The molecule has 0 atom stereocenters. The fraction of sp³-hybridized carbons (Fsp3) is 0.448. The highest BCUT2D eigenvalue weighted by atomic mass is 19.1. The van der Waals surface area contributed by atoms with Crippen LogP contribution in [0.25, 0.3) is 5.57 Å². The summed E-state index contributed by atoms with van der Waals surface area (Å²) in [6, 6.07) is 6.31. The SMILES string of the molecule is C=C/C(=C(C)/C(C)=C/C(O)=C(\C=NCCC)C(=O)O)c1ccccc1F.CC.CC.CC(C)C. The summed E-state index contributed by atoms with van der Waals surface area (Å²) in [7, 11) is 0. The molecule has 0 saturated carbocycles. The van der Waals surface area contributed by atoms with E-state index in [9.17, 15) is 19.4 Å². The fourth-order valence-electron chi connectivity index (χ4n) is 2.26. The van der Waals surface area contributed by atoms with Gasteiger partial charge in [-0.2, -0.15) is 0 Å². The monoisotopic (exact) mass is 475 g/mol. The van der Waals surface area contributed by atoms with Crippen molar-refractivity contribution in [2.45, 2.75) is 75.7 Å². The number of nitrogens with zero attached hydrogens (tertiary/aromatic N) is 1. The lowest BCUT2D eigenvalue weighted by atomic mass is 9.95. The predicted octanol–water partition coefficient (Wildman–Crippen LogP) is 8.82.